The first kappa shape index (κ1) is 15.7. The summed E-state index contributed by atoms with van der Waals surface area (Å²) in [5.74, 6) is -0.672. The first-order valence-corrected chi connectivity index (χ1v) is 5.79. The van der Waals surface area contributed by atoms with Crippen molar-refractivity contribution >= 4 is 23.1 Å². The minimum atomic E-state index is -4.63. The van der Waals surface area contributed by atoms with E-state index in [9.17, 15) is 18.0 Å². The number of rotatable bonds is 5. The first-order valence-electron chi connectivity index (χ1n) is 5.41. The molecule has 19 heavy (non-hydrogen) atoms. The number of benzene rings is 1. The Hall–Kier alpha value is -1.40. The van der Waals surface area contributed by atoms with Crippen LogP contribution in [0, 0.1) is 0 Å². The van der Waals surface area contributed by atoms with Gasteiger partial charge in [0, 0.05) is 10.6 Å². The zero-order chi connectivity index (χ0) is 14.5. The number of halogens is 4. The Morgan fingerprint density at radius 2 is 1.84 bits per heavy atom. The van der Waals surface area contributed by atoms with Crippen LogP contribution in [0.2, 0.25) is 5.02 Å². The minimum absolute atomic E-state index is 0.150. The molecule has 0 fully saturated rings. The number of carbonyl (C=O) groups is 1. The van der Waals surface area contributed by atoms with Crippen LogP contribution in [0.1, 0.15) is 16.8 Å². The number of hydrogen-bond donors (Lipinski definition) is 2. The lowest BCUT2D eigenvalue weighted by atomic mass is 10.1. The van der Waals surface area contributed by atoms with Crippen molar-refractivity contribution < 1.29 is 28.1 Å². The molecule has 1 aromatic rings. The number of Topliss-reactive ketones (excluding diaryl/α,β-unsaturated/α-hetero) is 1. The van der Waals surface area contributed by atoms with Crippen LogP contribution < -0.4 is 4.99 Å². The van der Waals surface area contributed by atoms with Gasteiger partial charge in [-0.3, -0.25) is 4.79 Å². The Bertz CT molecular complexity index is 469. The average molecular weight is 295 g/mol. The van der Waals surface area contributed by atoms with Crippen molar-refractivity contribution in [2.75, 3.05) is 13.2 Å². The molecule has 1 aromatic carbocycles. The fourth-order valence-electron chi connectivity index (χ4n) is 1.37. The molecule has 0 aliphatic carbocycles. The molecule has 0 radical (unpaired) electrons. The SMILES string of the molecule is O=C(CC(=[NH+]CCO)C(F)(F)F)c1ccc(Cl)cc1. The van der Waals surface area contributed by atoms with Crippen LogP contribution in [-0.4, -0.2) is 35.9 Å². The highest BCUT2D eigenvalue weighted by Gasteiger charge is 2.42. The van der Waals surface area contributed by atoms with Crippen molar-refractivity contribution in [2.24, 2.45) is 0 Å². The van der Waals surface area contributed by atoms with Crippen LogP contribution >= 0.6 is 11.6 Å². The molecule has 0 aliphatic heterocycles. The first-order chi connectivity index (χ1) is 8.84. The lowest BCUT2D eigenvalue weighted by Gasteiger charge is -2.05. The third kappa shape index (κ3) is 5.00. The van der Waals surface area contributed by atoms with Crippen molar-refractivity contribution in [1.82, 2.24) is 0 Å². The predicted molar refractivity (Wildman–Crippen MR) is 64.4 cm³/mol. The van der Waals surface area contributed by atoms with Crippen LogP contribution in [0.5, 0.6) is 0 Å². The highest BCUT2D eigenvalue weighted by Crippen LogP contribution is 2.18. The van der Waals surface area contributed by atoms with E-state index in [1.54, 1.807) is 0 Å². The number of carbonyl (C=O) groups excluding carboxylic acids is 1. The van der Waals surface area contributed by atoms with Crippen LogP contribution in [0.15, 0.2) is 24.3 Å². The second kappa shape index (κ2) is 6.68. The maximum Gasteiger partial charge on any atom is 0.472 e. The molecule has 0 amide bonds. The second-order valence-electron chi connectivity index (χ2n) is 3.73. The highest BCUT2D eigenvalue weighted by atomic mass is 35.5. The summed E-state index contributed by atoms with van der Waals surface area (Å²) in [6.45, 7) is -0.711. The smallest absolute Gasteiger partial charge is 0.390 e. The van der Waals surface area contributed by atoms with Crippen LogP contribution in [0.25, 0.3) is 0 Å². The lowest BCUT2D eigenvalue weighted by molar-refractivity contribution is -0.470. The summed E-state index contributed by atoms with van der Waals surface area (Å²) in [7, 11) is 0. The summed E-state index contributed by atoms with van der Waals surface area (Å²) >= 11 is 5.63. The molecule has 0 bridgehead atoms. The van der Waals surface area contributed by atoms with Gasteiger partial charge in [-0.15, -0.1) is 0 Å². The molecule has 7 heteroatoms. The quantitative estimate of drug-likeness (QED) is 0.628. The van der Waals surface area contributed by atoms with Gasteiger partial charge in [0.1, 0.15) is 13.0 Å². The van der Waals surface area contributed by atoms with Gasteiger partial charge in [0.25, 0.3) is 5.71 Å². The summed E-state index contributed by atoms with van der Waals surface area (Å²) in [4.78, 5) is 13.7. The Morgan fingerprint density at radius 1 is 1.26 bits per heavy atom. The Balaban J connectivity index is 2.85. The van der Waals surface area contributed by atoms with Crippen LogP contribution in [0.4, 0.5) is 13.2 Å². The monoisotopic (exact) mass is 294 g/mol. The molecular weight excluding hydrogens is 283 g/mol. The maximum atomic E-state index is 12.6. The molecule has 0 saturated carbocycles. The van der Waals surface area contributed by atoms with E-state index >= 15 is 0 Å². The number of alkyl halides is 3. The van der Waals surface area contributed by atoms with Crippen LogP contribution in [0.3, 0.4) is 0 Å². The summed E-state index contributed by atoms with van der Waals surface area (Å²) in [6, 6.07) is 5.60. The van der Waals surface area contributed by atoms with E-state index in [4.69, 9.17) is 16.7 Å². The Labute approximate surface area is 112 Å². The third-order valence-corrected chi connectivity index (χ3v) is 2.55. The van der Waals surface area contributed by atoms with Gasteiger partial charge < -0.3 is 5.11 Å². The van der Waals surface area contributed by atoms with Crippen molar-refractivity contribution in [2.45, 2.75) is 12.6 Å². The number of aliphatic hydroxyl groups excluding tert-OH is 1. The zero-order valence-corrected chi connectivity index (χ0v) is 10.6. The Morgan fingerprint density at radius 3 is 2.32 bits per heavy atom. The van der Waals surface area contributed by atoms with E-state index in [2.05, 4.69) is 0 Å². The van der Waals surface area contributed by atoms with Crippen molar-refractivity contribution in [3.63, 3.8) is 0 Å². The second-order valence-corrected chi connectivity index (χ2v) is 4.17. The molecule has 0 atom stereocenters. The van der Waals surface area contributed by atoms with Crippen molar-refractivity contribution in [1.29, 1.82) is 0 Å². The summed E-state index contributed by atoms with van der Waals surface area (Å²) in [6.07, 6.45) is -5.43. The number of hydrogen-bond acceptors (Lipinski definition) is 2. The number of nitrogens with one attached hydrogen (secondary N) is 1. The highest BCUT2D eigenvalue weighted by molar-refractivity contribution is 6.30. The van der Waals surface area contributed by atoms with Gasteiger partial charge in [0.15, 0.2) is 12.3 Å². The van der Waals surface area contributed by atoms with Crippen molar-refractivity contribution in [3.8, 4) is 0 Å². The topological polar surface area (TPSA) is 51.3 Å². The summed E-state index contributed by atoms with van der Waals surface area (Å²) in [5, 5.41) is 8.92. The van der Waals surface area contributed by atoms with Gasteiger partial charge in [-0.25, -0.2) is 4.99 Å². The van der Waals surface area contributed by atoms with E-state index in [1.807, 2.05) is 4.99 Å². The Kier molecular flexibility index (Phi) is 5.50. The molecule has 3 nitrogen and oxygen atoms in total. The van der Waals surface area contributed by atoms with E-state index in [1.165, 1.54) is 24.3 Å². The minimum Gasteiger partial charge on any atom is -0.390 e. The van der Waals surface area contributed by atoms with E-state index in [0.29, 0.717) is 5.02 Å². The molecule has 0 unspecified atom stereocenters. The number of ketones is 1. The van der Waals surface area contributed by atoms with Gasteiger partial charge in [-0.05, 0) is 24.3 Å². The molecule has 0 spiro atoms. The van der Waals surface area contributed by atoms with E-state index in [0.717, 1.165) is 0 Å². The summed E-state index contributed by atoms with van der Waals surface area (Å²) in [5.41, 5.74) is -0.918. The zero-order valence-electron chi connectivity index (χ0n) is 9.80. The molecule has 0 aliphatic rings. The van der Waals surface area contributed by atoms with Crippen molar-refractivity contribution in [3.05, 3.63) is 34.9 Å². The fourth-order valence-corrected chi connectivity index (χ4v) is 1.49. The van der Waals surface area contributed by atoms with Gasteiger partial charge in [-0.2, -0.15) is 13.2 Å². The standard InChI is InChI=1S/C12H11ClF3NO2/c13-9-3-1-8(2-4-9)10(19)7-11(12(14,15)16)17-5-6-18/h1-4,18H,5-7H2/p+1. The normalized spacial score (nSPS) is 12.6. The van der Waals surface area contributed by atoms with E-state index in [-0.39, 0.29) is 12.1 Å². The van der Waals surface area contributed by atoms with Gasteiger partial charge in [0.05, 0.1) is 0 Å². The fraction of sp³-hybridized carbons (Fsp3) is 0.333. The average Bonchev–Trinajstić information content (AvgIpc) is 2.33. The molecule has 0 aromatic heterocycles. The molecular formula is C12H12ClF3NO2+. The maximum absolute atomic E-state index is 12.6. The largest absolute Gasteiger partial charge is 0.472 e. The van der Waals surface area contributed by atoms with Crippen LogP contribution in [-0.2, 0) is 0 Å². The van der Waals surface area contributed by atoms with Gasteiger partial charge in [-0.1, -0.05) is 11.6 Å². The number of aliphatic hydroxyl groups is 1. The predicted octanol–water partition coefficient (Wildman–Crippen LogP) is 0.989. The van der Waals surface area contributed by atoms with Gasteiger partial charge >= 0.3 is 6.18 Å². The summed E-state index contributed by atoms with van der Waals surface area (Å²) < 4.78 is 37.9. The third-order valence-electron chi connectivity index (χ3n) is 2.30. The molecule has 1 rings (SSSR count). The lowest BCUT2D eigenvalue weighted by Crippen LogP contribution is -2.77. The van der Waals surface area contributed by atoms with Gasteiger partial charge in [0.2, 0.25) is 0 Å². The molecule has 0 heterocycles. The molecule has 0 saturated heterocycles. The van der Waals surface area contributed by atoms with E-state index < -0.39 is 30.7 Å². The molecule has 2 N–H and O–H groups in total. The molecule has 104 valence electrons.